The van der Waals surface area contributed by atoms with Crippen LogP contribution >= 0.6 is 0 Å². The van der Waals surface area contributed by atoms with E-state index in [1.807, 2.05) is 45.9 Å². The fourth-order valence-electron chi connectivity index (χ4n) is 3.27. The Morgan fingerprint density at radius 1 is 1.28 bits per heavy atom. The molecule has 0 spiro atoms. The second kappa shape index (κ2) is 6.39. The number of pyridine rings is 1. The number of rotatable bonds is 3. The van der Waals surface area contributed by atoms with Crippen LogP contribution in [-0.2, 0) is 17.8 Å². The number of aromatic nitrogens is 1. The lowest BCUT2D eigenvalue weighted by molar-refractivity contribution is -0.137. The molecule has 2 aromatic rings. The third-order valence-electron chi connectivity index (χ3n) is 5.16. The molecule has 1 unspecified atom stereocenters. The molecule has 1 aromatic heterocycles. The molecular weight excluding hydrogens is 316 g/mol. The van der Waals surface area contributed by atoms with E-state index in [1.54, 1.807) is 6.20 Å². The number of fused-ring (bicyclic) bond motifs is 1. The number of carbonyl (C=O) groups is 1. The first-order valence-corrected chi connectivity index (χ1v) is 8.52. The van der Waals surface area contributed by atoms with Crippen LogP contribution in [0, 0.1) is 20.8 Å². The summed E-state index contributed by atoms with van der Waals surface area (Å²) in [5.74, 6) is 0.907. The van der Waals surface area contributed by atoms with Crippen LogP contribution in [0.25, 0.3) is 0 Å². The highest BCUT2D eigenvalue weighted by Gasteiger charge is 2.40. The maximum atomic E-state index is 12.7. The van der Waals surface area contributed by atoms with E-state index < -0.39 is 5.60 Å². The summed E-state index contributed by atoms with van der Waals surface area (Å²) in [5, 5.41) is 13.2. The van der Waals surface area contributed by atoms with Gasteiger partial charge in [-0.25, -0.2) is 0 Å². The van der Waals surface area contributed by atoms with Gasteiger partial charge < -0.3 is 15.2 Å². The Labute approximate surface area is 148 Å². The highest BCUT2D eigenvalue weighted by Crippen LogP contribution is 2.43. The summed E-state index contributed by atoms with van der Waals surface area (Å²) in [6.07, 6.45) is 2.97. The lowest BCUT2D eigenvalue weighted by Gasteiger charge is -2.36. The number of hydrogen-bond donors (Lipinski definition) is 2. The molecule has 3 rings (SSSR count). The molecule has 25 heavy (non-hydrogen) atoms. The summed E-state index contributed by atoms with van der Waals surface area (Å²) < 4.78 is 6.17. The minimum Gasteiger partial charge on any atom is -0.507 e. The molecule has 0 aliphatic carbocycles. The number of phenols is 1. The van der Waals surface area contributed by atoms with Crippen molar-refractivity contribution in [3.8, 4) is 11.5 Å². The maximum Gasteiger partial charge on any atom is 0.264 e. The summed E-state index contributed by atoms with van der Waals surface area (Å²) in [4.78, 5) is 17.0. The SMILES string of the molecule is Cc1c(C)c2c(c(C)c1O)CCC(C)(C(=O)NCc1ccccn1)O2. The molecule has 1 amide bonds. The average molecular weight is 340 g/mol. The van der Waals surface area contributed by atoms with E-state index in [0.717, 1.165) is 33.7 Å². The minimum absolute atomic E-state index is 0.147. The van der Waals surface area contributed by atoms with E-state index in [1.165, 1.54) is 0 Å². The van der Waals surface area contributed by atoms with Gasteiger partial charge in [0.2, 0.25) is 0 Å². The van der Waals surface area contributed by atoms with Crippen LogP contribution in [0.1, 0.15) is 41.3 Å². The quantitative estimate of drug-likeness (QED) is 0.900. The predicted octanol–water partition coefficient (Wildman–Crippen LogP) is 3.11. The van der Waals surface area contributed by atoms with E-state index in [-0.39, 0.29) is 5.91 Å². The van der Waals surface area contributed by atoms with Gasteiger partial charge in [-0.2, -0.15) is 0 Å². The van der Waals surface area contributed by atoms with Gasteiger partial charge in [-0.15, -0.1) is 0 Å². The molecule has 2 heterocycles. The minimum atomic E-state index is -0.928. The van der Waals surface area contributed by atoms with Crippen molar-refractivity contribution in [2.75, 3.05) is 0 Å². The number of nitrogens with zero attached hydrogens (tertiary/aromatic N) is 1. The van der Waals surface area contributed by atoms with E-state index in [2.05, 4.69) is 10.3 Å². The van der Waals surface area contributed by atoms with Crippen molar-refractivity contribution in [3.05, 3.63) is 52.3 Å². The Hall–Kier alpha value is -2.56. The Morgan fingerprint density at radius 2 is 2.04 bits per heavy atom. The molecule has 1 aliphatic rings. The number of benzene rings is 1. The molecule has 5 heteroatoms. The molecule has 2 N–H and O–H groups in total. The highest BCUT2D eigenvalue weighted by molar-refractivity contribution is 5.85. The molecule has 5 nitrogen and oxygen atoms in total. The third kappa shape index (κ3) is 3.06. The largest absolute Gasteiger partial charge is 0.507 e. The zero-order chi connectivity index (χ0) is 18.2. The molecule has 1 aliphatic heterocycles. The molecule has 0 radical (unpaired) electrons. The number of ether oxygens (including phenoxy) is 1. The summed E-state index contributed by atoms with van der Waals surface area (Å²) in [5.41, 5.74) is 3.41. The van der Waals surface area contributed by atoms with Crippen LogP contribution in [0.4, 0.5) is 0 Å². The zero-order valence-electron chi connectivity index (χ0n) is 15.1. The number of aromatic hydroxyl groups is 1. The van der Waals surface area contributed by atoms with Crippen molar-refractivity contribution < 1.29 is 14.6 Å². The van der Waals surface area contributed by atoms with E-state index in [0.29, 0.717) is 25.1 Å². The molecule has 0 saturated heterocycles. The topological polar surface area (TPSA) is 71.5 Å². The molecule has 1 atom stereocenters. The number of nitrogens with one attached hydrogen (secondary N) is 1. The number of carbonyl (C=O) groups excluding carboxylic acids is 1. The zero-order valence-corrected chi connectivity index (χ0v) is 15.1. The van der Waals surface area contributed by atoms with Gasteiger partial charge in [0, 0.05) is 18.2 Å². The van der Waals surface area contributed by atoms with Crippen LogP contribution in [0.15, 0.2) is 24.4 Å². The Morgan fingerprint density at radius 3 is 2.72 bits per heavy atom. The lowest BCUT2D eigenvalue weighted by atomic mass is 9.86. The summed E-state index contributed by atoms with van der Waals surface area (Å²) in [6, 6.07) is 5.61. The smallest absolute Gasteiger partial charge is 0.264 e. The molecule has 0 fully saturated rings. The van der Waals surface area contributed by atoms with Crippen molar-refractivity contribution in [1.29, 1.82) is 0 Å². The van der Waals surface area contributed by atoms with E-state index in [9.17, 15) is 9.90 Å². The van der Waals surface area contributed by atoms with Crippen LogP contribution in [-0.4, -0.2) is 21.6 Å². The van der Waals surface area contributed by atoms with Gasteiger partial charge in [0.25, 0.3) is 5.91 Å². The normalized spacial score (nSPS) is 19.0. The fraction of sp³-hybridized carbons (Fsp3) is 0.400. The maximum absolute atomic E-state index is 12.7. The summed E-state index contributed by atoms with van der Waals surface area (Å²) in [6.45, 7) is 7.88. The molecule has 0 bridgehead atoms. The van der Waals surface area contributed by atoms with Gasteiger partial charge in [-0.3, -0.25) is 9.78 Å². The van der Waals surface area contributed by atoms with E-state index >= 15 is 0 Å². The first-order chi connectivity index (χ1) is 11.8. The second-order valence-electron chi connectivity index (χ2n) is 6.87. The van der Waals surface area contributed by atoms with Gasteiger partial charge in [0.1, 0.15) is 11.5 Å². The lowest BCUT2D eigenvalue weighted by Crippen LogP contribution is -2.50. The van der Waals surface area contributed by atoms with Crippen molar-refractivity contribution >= 4 is 5.91 Å². The number of phenolic OH excluding ortho intramolecular Hbond substituents is 1. The van der Waals surface area contributed by atoms with Crippen LogP contribution < -0.4 is 10.1 Å². The van der Waals surface area contributed by atoms with Gasteiger partial charge in [-0.1, -0.05) is 6.07 Å². The Balaban J connectivity index is 1.82. The molecular formula is C20H24N2O3. The first kappa shape index (κ1) is 17.3. The number of amides is 1. The number of hydrogen-bond acceptors (Lipinski definition) is 4. The van der Waals surface area contributed by atoms with Gasteiger partial charge in [0.15, 0.2) is 5.60 Å². The van der Waals surface area contributed by atoms with Crippen LogP contribution in [0.2, 0.25) is 0 Å². The molecule has 1 aromatic carbocycles. The van der Waals surface area contributed by atoms with Crippen LogP contribution in [0.5, 0.6) is 11.5 Å². The molecule has 132 valence electrons. The average Bonchev–Trinajstić information content (AvgIpc) is 2.63. The van der Waals surface area contributed by atoms with Crippen molar-refractivity contribution in [3.63, 3.8) is 0 Å². The van der Waals surface area contributed by atoms with Crippen molar-refractivity contribution in [2.24, 2.45) is 0 Å². The highest BCUT2D eigenvalue weighted by atomic mass is 16.5. The van der Waals surface area contributed by atoms with E-state index in [4.69, 9.17) is 4.74 Å². The van der Waals surface area contributed by atoms with Crippen molar-refractivity contribution in [1.82, 2.24) is 10.3 Å². The second-order valence-corrected chi connectivity index (χ2v) is 6.87. The Kier molecular flexibility index (Phi) is 4.41. The predicted molar refractivity (Wildman–Crippen MR) is 95.8 cm³/mol. The Bertz CT molecular complexity index is 818. The van der Waals surface area contributed by atoms with Gasteiger partial charge in [0.05, 0.1) is 12.2 Å². The standard InChI is InChI=1S/C20H24N2O3/c1-12-13(2)18-16(14(3)17(12)23)8-9-20(4,25-18)19(24)22-11-15-7-5-6-10-21-15/h5-7,10,23H,8-9,11H2,1-4H3,(H,22,24). The summed E-state index contributed by atoms with van der Waals surface area (Å²) in [7, 11) is 0. The van der Waals surface area contributed by atoms with Gasteiger partial charge >= 0.3 is 0 Å². The van der Waals surface area contributed by atoms with Crippen LogP contribution in [0.3, 0.4) is 0 Å². The molecule has 0 saturated carbocycles. The van der Waals surface area contributed by atoms with Gasteiger partial charge in [-0.05, 0) is 62.9 Å². The monoisotopic (exact) mass is 340 g/mol. The fourth-order valence-corrected chi connectivity index (χ4v) is 3.27. The summed E-state index contributed by atoms with van der Waals surface area (Å²) >= 11 is 0. The first-order valence-electron chi connectivity index (χ1n) is 8.52. The van der Waals surface area contributed by atoms with Crippen molar-refractivity contribution in [2.45, 2.75) is 52.7 Å². The third-order valence-corrected chi connectivity index (χ3v) is 5.16.